The molecule has 0 radical (unpaired) electrons. The average molecular weight is 397 g/mol. The number of azo groups is 1. The number of amides is 1. The van der Waals surface area contributed by atoms with Crippen LogP contribution in [0.3, 0.4) is 0 Å². The molecular formula is C22H15N5OS. The Morgan fingerprint density at radius 3 is 2.52 bits per heavy atom. The molecule has 2 heterocycles. The van der Waals surface area contributed by atoms with Gasteiger partial charge in [0.25, 0.3) is 5.91 Å². The molecule has 0 bridgehead atoms. The highest BCUT2D eigenvalue weighted by molar-refractivity contribution is 7.18. The standard InChI is InChI=1S/C22H15N5OS/c28-20-18-9-5-4-8-17(18)19(24-25-20)14-10-12-16(13-11-14)23-22-27-26-21(29-22)15-6-2-1-3-7-15/h1-13,18H,(H,23,27). The second-order valence-corrected chi connectivity index (χ2v) is 7.52. The summed E-state index contributed by atoms with van der Waals surface area (Å²) < 4.78 is 0. The average Bonchev–Trinajstić information content (AvgIpc) is 3.24. The molecule has 1 aliphatic heterocycles. The number of allylic oxidation sites excluding steroid dienone is 3. The minimum absolute atomic E-state index is 0.229. The molecule has 1 atom stereocenters. The zero-order valence-electron chi connectivity index (χ0n) is 15.2. The fourth-order valence-corrected chi connectivity index (χ4v) is 4.00. The third-order valence-electron chi connectivity index (χ3n) is 4.67. The number of nitrogens with one attached hydrogen (secondary N) is 1. The van der Waals surface area contributed by atoms with Crippen molar-refractivity contribution >= 4 is 33.8 Å². The Hall–Kier alpha value is -3.71. The first-order valence-electron chi connectivity index (χ1n) is 9.09. The summed E-state index contributed by atoms with van der Waals surface area (Å²) in [4.78, 5) is 12.0. The van der Waals surface area contributed by atoms with Crippen molar-refractivity contribution < 1.29 is 4.79 Å². The number of hydrogen-bond donors (Lipinski definition) is 1. The van der Waals surface area contributed by atoms with Crippen LogP contribution in [0.2, 0.25) is 0 Å². The zero-order chi connectivity index (χ0) is 19.6. The highest BCUT2D eigenvalue weighted by atomic mass is 32.1. The van der Waals surface area contributed by atoms with Crippen molar-refractivity contribution in [2.24, 2.45) is 16.1 Å². The molecule has 0 saturated carbocycles. The van der Waals surface area contributed by atoms with Crippen LogP contribution in [0, 0.1) is 5.92 Å². The molecule has 5 rings (SSSR count). The van der Waals surface area contributed by atoms with Crippen molar-refractivity contribution in [3.8, 4) is 10.6 Å². The van der Waals surface area contributed by atoms with Gasteiger partial charge in [0, 0.05) is 16.8 Å². The van der Waals surface area contributed by atoms with Gasteiger partial charge in [-0.15, -0.1) is 20.4 Å². The van der Waals surface area contributed by atoms with E-state index in [2.05, 4.69) is 25.7 Å². The minimum Gasteiger partial charge on any atom is -0.330 e. The van der Waals surface area contributed by atoms with Crippen LogP contribution in [0.1, 0.15) is 5.56 Å². The molecule has 2 aromatic carbocycles. The van der Waals surface area contributed by atoms with E-state index in [9.17, 15) is 4.79 Å². The van der Waals surface area contributed by atoms with Gasteiger partial charge in [-0.05, 0) is 17.7 Å². The predicted octanol–water partition coefficient (Wildman–Crippen LogP) is 5.39. The zero-order valence-corrected chi connectivity index (χ0v) is 16.0. The van der Waals surface area contributed by atoms with Gasteiger partial charge in [-0.25, -0.2) is 0 Å². The Morgan fingerprint density at radius 1 is 0.862 bits per heavy atom. The predicted molar refractivity (Wildman–Crippen MR) is 114 cm³/mol. The van der Waals surface area contributed by atoms with E-state index in [-0.39, 0.29) is 11.8 Å². The molecule has 1 amide bonds. The number of anilines is 2. The molecule has 1 N–H and O–H groups in total. The summed E-state index contributed by atoms with van der Waals surface area (Å²) in [7, 11) is 0. The highest BCUT2D eigenvalue weighted by Gasteiger charge is 2.27. The van der Waals surface area contributed by atoms with E-state index in [1.54, 1.807) is 0 Å². The maximum atomic E-state index is 12.0. The topological polar surface area (TPSA) is 79.6 Å². The third-order valence-corrected chi connectivity index (χ3v) is 5.56. The monoisotopic (exact) mass is 397 g/mol. The van der Waals surface area contributed by atoms with E-state index in [1.165, 1.54) is 11.3 Å². The van der Waals surface area contributed by atoms with E-state index >= 15 is 0 Å². The van der Waals surface area contributed by atoms with Gasteiger partial charge in [-0.1, -0.05) is 78.1 Å². The first kappa shape index (κ1) is 17.4. The summed E-state index contributed by atoms with van der Waals surface area (Å²) >= 11 is 1.50. The molecule has 3 aromatic rings. The van der Waals surface area contributed by atoms with Gasteiger partial charge in [0.2, 0.25) is 5.13 Å². The summed E-state index contributed by atoms with van der Waals surface area (Å²) in [5.74, 6) is -0.573. The molecule has 1 unspecified atom stereocenters. The summed E-state index contributed by atoms with van der Waals surface area (Å²) in [5.41, 5.74) is 4.46. The summed E-state index contributed by atoms with van der Waals surface area (Å²) in [6.07, 6.45) is 7.55. The lowest BCUT2D eigenvalue weighted by atomic mass is 9.89. The number of benzene rings is 2. The van der Waals surface area contributed by atoms with E-state index in [1.807, 2.05) is 78.9 Å². The molecule has 29 heavy (non-hydrogen) atoms. The summed E-state index contributed by atoms with van der Waals surface area (Å²) in [5, 5.41) is 21.3. The molecule has 6 nitrogen and oxygen atoms in total. The fraction of sp³-hybridized carbons (Fsp3) is 0.0455. The SMILES string of the molecule is O=C1N=NC(c2ccc(Nc3nnc(-c4ccccc4)s3)cc2)=C2C=CC=CC12. The van der Waals surface area contributed by atoms with E-state index < -0.39 is 0 Å². The number of carbonyl (C=O) groups is 1. The molecule has 1 aliphatic carbocycles. The Morgan fingerprint density at radius 2 is 1.69 bits per heavy atom. The fourth-order valence-electron chi connectivity index (χ4n) is 3.23. The van der Waals surface area contributed by atoms with Gasteiger partial charge in [-0.3, -0.25) is 4.79 Å². The first-order valence-corrected chi connectivity index (χ1v) is 9.90. The molecule has 2 aliphatic rings. The number of carbonyl (C=O) groups excluding carboxylic acids is 1. The largest absolute Gasteiger partial charge is 0.330 e. The Bertz CT molecular complexity index is 1190. The second-order valence-electron chi connectivity index (χ2n) is 6.54. The van der Waals surface area contributed by atoms with Crippen molar-refractivity contribution in [2.75, 3.05) is 5.32 Å². The van der Waals surface area contributed by atoms with Crippen LogP contribution in [0.4, 0.5) is 10.8 Å². The third kappa shape index (κ3) is 3.43. The van der Waals surface area contributed by atoms with Crippen LogP contribution in [-0.2, 0) is 4.79 Å². The lowest BCUT2D eigenvalue weighted by molar-refractivity contribution is -0.119. The van der Waals surface area contributed by atoms with Crippen molar-refractivity contribution in [1.29, 1.82) is 0 Å². The van der Waals surface area contributed by atoms with Crippen LogP contribution < -0.4 is 5.32 Å². The van der Waals surface area contributed by atoms with Crippen LogP contribution >= 0.6 is 11.3 Å². The van der Waals surface area contributed by atoms with Crippen molar-refractivity contribution in [1.82, 2.24) is 10.2 Å². The molecule has 7 heteroatoms. The van der Waals surface area contributed by atoms with E-state index in [0.717, 1.165) is 38.2 Å². The van der Waals surface area contributed by atoms with Crippen LogP contribution in [0.15, 0.2) is 94.7 Å². The summed E-state index contributed by atoms with van der Waals surface area (Å²) in [6, 6.07) is 17.8. The van der Waals surface area contributed by atoms with Gasteiger partial charge in [0.1, 0.15) is 5.01 Å². The van der Waals surface area contributed by atoms with Crippen molar-refractivity contribution in [3.05, 3.63) is 90.0 Å². The quantitative estimate of drug-likeness (QED) is 0.640. The lowest BCUT2D eigenvalue weighted by Gasteiger charge is -2.19. The molecule has 0 spiro atoms. The van der Waals surface area contributed by atoms with Crippen molar-refractivity contribution in [3.63, 3.8) is 0 Å². The minimum atomic E-state index is -0.344. The van der Waals surface area contributed by atoms with E-state index in [0.29, 0.717) is 0 Å². The van der Waals surface area contributed by atoms with Gasteiger partial charge in [0.05, 0.1) is 11.6 Å². The highest BCUT2D eigenvalue weighted by Crippen LogP contribution is 2.35. The number of aromatic nitrogens is 2. The molecule has 0 fully saturated rings. The van der Waals surface area contributed by atoms with Gasteiger partial charge < -0.3 is 5.32 Å². The lowest BCUT2D eigenvalue weighted by Crippen LogP contribution is -2.17. The Kier molecular flexibility index (Phi) is 4.42. The Balaban J connectivity index is 1.37. The summed E-state index contributed by atoms with van der Waals surface area (Å²) in [6.45, 7) is 0. The normalized spacial score (nSPS) is 17.5. The van der Waals surface area contributed by atoms with Gasteiger partial charge >= 0.3 is 0 Å². The van der Waals surface area contributed by atoms with Crippen LogP contribution in [-0.4, -0.2) is 16.1 Å². The van der Waals surface area contributed by atoms with Gasteiger partial charge in [0.15, 0.2) is 0 Å². The first-order chi connectivity index (χ1) is 14.3. The molecular weight excluding hydrogens is 382 g/mol. The number of nitrogens with zero attached hydrogens (tertiary/aromatic N) is 4. The maximum absolute atomic E-state index is 12.0. The number of fused-ring (bicyclic) bond motifs is 1. The smallest absolute Gasteiger partial charge is 0.276 e. The molecule has 140 valence electrons. The number of hydrogen-bond acceptors (Lipinski definition) is 6. The van der Waals surface area contributed by atoms with Crippen LogP contribution in [0.5, 0.6) is 0 Å². The molecule has 0 saturated heterocycles. The van der Waals surface area contributed by atoms with Crippen molar-refractivity contribution in [2.45, 2.75) is 0 Å². The van der Waals surface area contributed by atoms with Crippen LogP contribution in [0.25, 0.3) is 16.3 Å². The van der Waals surface area contributed by atoms with E-state index in [4.69, 9.17) is 0 Å². The maximum Gasteiger partial charge on any atom is 0.276 e. The second kappa shape index (κ2) is 7.37. The molecule has 1 aromatic heterocycles. The van der Waals surface area contributed by atoms with Gasteiger partial charge in [-0.2, -0.15) is 0 Å². The Labute approximate surface area is 171 Å². The number of rotatable bonds is 4.